The van der Waals surface area contributed by atoms with Crippen LogP contribution in [0.5, 0.6) is 0 Å². The molecule has 56 valence electrons. The molecule has 1 aliphatic heterocycles. The molecule has 10 heavy (non-hydrogen) atoms. The number of allylic oxidation sites excluding steroid dienone is 1. The molecule has 0 fully saturated rings. The maximum Gasteiger partial charge on any atom is 0.105 e. The average Bonchev–Trinajstić information content (AvgIpc) is 1.90. The molecule has 1 rings (SSSR count). The Labute approximate surface area is 62.5 Å². The molecule has 1 aliphatic rings. The molecule has 1 unspecified atom stereocenters. The smallest absolute Gasteiger partial charge is 0.105 e. The van der Waals surface area contributed by atoms with Crippen LogP contribution >= 0.6 is 0 Å². The third-order valence-electron chi connectivity index (χ3n) is 1.65. The third kappa shape index (κ3) is 1.95. The van der Waals surface area contributed by atoms with Crippen molar-refractivity contribution in [1.29, 1.82) is 0 Å². The first kappa shape index (κ1) is 7.48. The summed E-state index contributed by atoms with van der Waals surface area (Å²) in [5.74, 6) is 0. The third-order valence-corrected chi connectivity index (χ3v) is 1.65. The molecular weight excluding hydrogens is 124 g/mol. The summed E-state index contributed by atoms with van der Waals surface area (Å²) in [5.41, 5.74) is 0. The maximum absolute atomic E-state index is 4.29. The Morgan fingerprint density at radius 1 is 1.50 bits per heavy atom. The summed E-state index contributed by atoms with van der Waals surface area (Å²) in [6.07, 6.45) is 6.06. The molecule has 0 bridgehead atoms. The molecule has 1 heterocycles. The first-order valence-electron chi connectivity index (χ1n) is 3.64. The van der Waals surface area contributed by atoms with Gasteiger partial charge >= 0.3 is 0 Å². The molecule has 0 saturated carbocycles. The normalized spacial score (nSPS) is 30.1. The van der Waals surface area contributed by atoms with Crippen molar-refractivity contribution in [2.75, 3.05) is 20.6 Å². The summed E-state index contributed by atoms with van der Waals surface area (Å²) in [6, 6.07) is 0.449. The van der Waals surface area contributed by atoms with Gasteiger partial charge in [-0.3, -0.25) is 4.99 Å². The highest BCUT2D eigenvalue weighted by molar-refractivity contribution is 5.70. The van der Waals surface area contributed by atoms with Crippen molar-refractivity contribution < 1.29 is 4.48 Å². The fourth-order valence-corrected chi connectivity index (χ4v) is 1.26. The van der Waals surface area contributed by atoms with Gasteiger partial charge in [-0.2, -0.15) is 0 Å². The van der Waals surface area contributed by atoms with Crippen molar-refractivity contribution in [3.63, 3.8) is 0 Å². The summed E-state index contributed by atoms with van der Waals surface area (Å²) in [4.78, 5) is 4.29. The molecule has 2 nitrogen and oxygen atoms in total. The van der Waals surface area contributed by atoms with E-state index in [4.69, 9.17) is 0 Å². The molecule has 1 atom stereocenters. The highest BCUT2D eigenvalue weighted by Crippen LogP contribution is 2.05. The second kappa shape index (κ2) is 2.54. The van der Waals surface area contributed by atoms with E-state index in [0.717, 1.165) is 11.0 Å². The molecule has 0 N–H and O–H groups in total. The number of aliphatic imine (C=N–C) groups is 1. The Morgan fingerprint density at radius 3 is 2.90 bits per heavy atom. The van der Waals surface area contributed by atoms with Crippen LogP contribution in [0.4, 0.5) is 0 Å². The number of likely N-dealkylation sites (N-methyl/N-ethyl adjacent to an activating group) is 1. The van der Waals surface area contributed by atoms with Gasteiger partial charge in [0.05, 0.1) is 26.3 Å². The Morgan fingerprint density at radius 2 is 2.20 bits per heavy atom. The van der Waals surface area contributed by atoms with Gasteiger partial charge in [-0.05, 0) is 6.92 Å². The van der Waals surface area contributed by atoms with E-state index in [1.807, 2.05) is 12.3 Å². The minimum atomic E-state index is 0.449. The first-order valence-corrected chi connectivity index (χ1v) is 3.64. The topological polar surface area (TPSA) is 12.4 Å². The number of hydrogen-bond acceptors (Lipinski definition) is 1. The summed E-state index contributed by atoms with van der Waals surface area (Å²) >= 11 is 0. The predicted octanol–water partition coefficient (Wildman–Crippen LogP) is 1.05. The maximum atomic E-state index is 4.29. The van der Waals surface area contributed by atoms with Crippen LogP contribution in [0.15, 0.2) is 17.3 Å². The van der Waals surface area contributed by atoms with E-state index < -0.39 is 0 Å². The monoisotopic (exact) mass is 139 g/mol. The number of nitrogens with zero attached hydrogens (tertiary/aromatic N) is 2. The largest absolute Gasteiger partial charge is 0.300 e. The van der Waals surface area contributed by atoms with E-state index in [0.29, 0.717) is 6.04 Å². The van der Waals surface area contributed by atoms with Crippen LogP contribution in [0.1, 0.15) is 6.92 Å². The standard InChI is InChI=1S/C8H15N2/c1-8-7-10(2,3)6-4-5-9-8/h4-6,8H,7H2,1-3H3/q+1. The average molecular weight is 139 g/mol. The van der Waals surface area contributed by atoms with Crippen LogP contribution in [0.25, 0.3) is 0 Å². The van der Waals surface area contributed by atoms with E-state index in [1.165, 1.54) is 0 Å². The summed E-state index contributed by atoms with van der Waals surface area (Å²) < 4.78 is 0.932. The summed E-state index contributed by atoms with van der Waals surface area (Å²) in [5, 5.41) is 0. The molecule has 0 radical (unpaired) electrons. The van der Waals surface area contributed by atoms with Crippen LogP contribution in [-0.2, 0) is 0 Å². The second-order valence-corrected chi connectivity index (χ2v) is 3.45. The van der Waals surface area contributed by atoms with Crippen molar-refractivity contribution >= 4 is 6.21 Å². The van der Waals surface area contributed by atoms with Crippen molar-refractivity contribution in [2.24, 2.45) is 4.99 Å². The van der Waals surface area contributed by atoms with Crippen molar-refractivity contribution in [1.82, 2.24) is 0 Å². The van der Waals surface area contributed by atoms with Crippen LogP contribution in [0.3, 0.4) is 0 Å². The van der Waals surface area contributed by atoms with E-state index in [1.54, 1.807) is 0 Å². The number of hydrogen-bond donors (Lipinski definition) is 0. The lowest BCUT2D eigenvalue weighted by atomic mass is 10.3. The Kier molecular flexibility index (Phi) is 1.90. The minimum Gasteiger partial charge on any atom is -0.300 e. The molecule has 0 aromatic heterocycles. The molecule has 0 aliphatic carbocycles. The van der Waals surface area contributed by atoms with Crippen LogP contribution in [0, 0.1) is 0 Å². The molecule has 0 amide bonds. The van der Waals surface area contributed by atoms with Gasteiger partial charge in [0.1, 0.15) is 6.54 Å². The fourth-order valence-electron chi connectivity index (χ4n) is 1.26. The lowest BCUT2D eigenvalue weighted by molar-refractivity contribution is -0.839. The van der Waals surface area contributed by atoms with Crippen molar-refractivity contribution in [3.05, 3.63) is 12.3 Å². The minimum absolute atomic E-state index is 0.449. The molecule has 0 aromatic rings. The van der Waals surface area contributed by atoms with Gasteiger partial charge in [-0.25, -0.2) is 0 Å². The summed E-state index contributed by atoms with van der Waals surface area (Å²) in [6.45, 7) is 3.23. The van der Waals surface area contributed by atoms with Crippen LogP contribution < -0.4 is 0 Å². The summed E-state index contributed by atoms with van der Waals surface area (Å²) in [7, 11) is 4.36. The van der Waals surface area contributed by atoms with Gasteiger partial charge in [0.25, 0.3) is 0 Å². The van der Waals surface area contributed by atoms with E-state index in [-0.39, 0.29) is 0 Å². The predicted molar refractivity (Wildman–Crippen MR) is 44.1 cm³/mol. The zero-order valence-corrected chi connectivity index (χ0v) is 6.91. The quantitative estimate of drug-likeness (QED) is 0.445. The number of quaternary nitrogens is 1. The molecule has 2 heteroatoms. The SMILES string of the molecule is CC1C[N+](C)(C)C=CC=N1. The number of rotatable bonds is 0. The zero-order chi connectivity index (χ0) is 7.61. The van der Waals surface area contributed by atoms with Gasteiger partial charge in [-0.1, -0.05) is 0 Å². The van der Waals surface area contributed by atoms with Crippen LogP contribution in [0.2, 0.25) is 0 Å². The van der Waals surface area contributed by atoms with Crippen molar-refractivity contribution in [2.45, 2.75) is 13.0 Å². The zero-order valence-electron chi connectivity index (χ0n) is 6.91. The Balaban J connectivity index is 2.69. The highest BCUT2D eigenvalue weighted by Gasteiger charge is 2.16. The van der Waals surface area contributed by atoms with Gasteiger partial charge in [0.2, 0.25) is 0 Å². The van der Waals surface area contributed by atoms with Crippen LogP contribution in [-0.4, -0.2) is 37.4 Å². The molecule has 0 aromatic carbocycles. The first-order chi connectivity index (χ1) is 4.60. The van der Waals surface area contributed by atoms with E-state index in [9.17, 15) is 0 Å². The van der Waals surface area contributed by atoms with Gasteiger partial charge < -0.3 is 4.48 Å². The van der Waals surface area contributed by atoms with Gasteiger partial charge in [0, 0.05) is 12.3 Å². The second-order valence-electron chi connectivity index (χ2n) is 3.45. The van der Waals surface area contributed by atoms with Gasteiger partial charge in [0.15, 0.2) is 0 Å². The molecule has 0 saturated heterocycles. The van der Waals surface area contributed by atoms with E-state index >= 15 is 0 Å². The van der Waals surface area contributed by atoms with Gasteiger partial charge in [-0.15, -0.1) is 0 Å². The lowest BCUT2D eigenvalue weighted by Gasteiger charge is -2.25. The Hall–Kier alpha value is -0.630. The van der Waals surface area contributed by atoms with Crippen molar-refractivity contribution in [3.8, 4) is 0 Å². The Bertz CT molecular complexity index is 168. The highest BCUT2D eigenvalue weighted by atomic mass is 15.3. The molecule has 0 spiro atoms. The molecular formula is C8H15N2+. The lowest BCUT2D eigenvalue weighted by Crippen LogP contribution is -2.38. The fraction of sp³-hybridized carbons (Fsp3) is 0.625. The van der Waals surface area contributed by atoms with E-state index in [2.05, 4.69) is 32.2 Å².